The largest absolute Gasteiger partial charge is 0.437 e. The standard InChI is InChI=1S/C28H20N2O/c1-17-16-29-26(15-25(17)21-12-11-19-6-3-4-7-20(19)14-21)24-9-5-8-22-23-13-10-18(2)30-28(23)31-27(22)24/h3-16H,1-2H3. The number of furan rings is 1. The lowest BCUT2D eigenvalue weighted by Crippen LogP contribution is -1.90. The van der Waals surface area contributed by atoms with Crippen LogP contribution in [0.4, 0.5) is 0 Å². The molecule has 0 amide bonds. The fourth-order valence-corrected chi connectivity index (χ4v) is 4.31. The number of aryl methyl sites for hydroxylation is 2. The van der Waals surface area contributed by atoms with Crippen molar-refractivity contribution in [1.82, 2.24) is 9.97 Å². The molecule has 0 saturated heterocycles. The fourth-order valence-electron chi connectivity index (χ4n) is 4.31. The molecule has 6 rings (SSSR count). The number of aromatic nitrogens is 2. The summed E-state index contributed by atoms with van der Waals surface area (Å²) in [6.07, 6.45) is 1.95. The summed E-state index contributed by atoms with van der Waals surface area (Å²) < 4.78 is 6.20. The fraction of sp³-hybridized carbons (Fsp3) is 0.0714. The molecule has 0 aliphatic heterocycles. The van der Waals surface area contributed by atoms with Gasteiger partial charge in [0.25, 0.3) is 0 Å². The number of nitrogens with zero attached hydrogens (tertiary/aromatic N) is 2. The zero-order chi connectivity index (χ0) is 20.9. The van der Waals surface area contributed by atoms with E-state index in [0.717, 1.165) is 38.9 Å². The molecule has 3 aromatic heterocycles. The average Bonchev–Trinajstić information content (AvgIpc) is 3.17. The monoisotopic (exact) mass is 400 g/mol. The zero-order valence-corrected chi connectivity index (χ0v) is 17.4. The predicted molar refractivity (Wildman–Crippen MR) is 127 cm³/mol. The molecular formula is C28H20N2O. The van der Waals surface area contributed by atoms with Crippen LogP contribution in [-0.4, -0.2) is 9.97 Å². The van der Waals surface area contributed by atoms with E-state index >= 15 is 0 Å². The topological polar surface area (TPSA) is 38.9 Å². The molecule has 0 fully saturated rings. The zero-order valence-electron chi connectivity index (χ0n) is 17.4. The normalized spacial score (nSPS) is 11.5. The van der Waals surface area contributed by atoms with Crippen molar-refractivity contribution in [3.8, 4) is 22.4 Å². The third-order valence-corrected chi connectivity index (χ3v) is 5.94. The Bertz CT molecular complexity index is 1610. The average molecular weight is 400 g/mol. The number of pyridine rings is 2. The van der Waals surface area contributed by atoms with Gasteiger partial charge in [0.1, 0.15) is 5.58 Å². The number of benzene rings is 3. The van der Waals surface area contributed by atoms with Gasteiger partial charge in [-0.2, -0.15) is 0 Å². The Labute approximate surface area is 180 Å². The summed E-state index contributed by atoms with van der Waals surface area (Å²) in [5, 5.41) is 4.57. The predicted octanol–water partition coefficient (Wildman–Crippen LogP) is 7.48. The van der Waals surface area contributed by atoms with Crippen LogP contribution in [0.2, 0.25) is 0 Å². The summed E-state index contributed by atoms with van der Waals surface area (Å²) in [7, 11) is 0. The van der Waals surface area contributed by atoms with Crippen molar-refractivity contribution in [2.75, 3.05) is 0 Å². The molecule has 0 spiro atoms. The Balaban J connectivity index is 1.56. The maximum atomic E-state index is 6.20. The third kappa shape index (κ3) is 2.89. The molecule has 31 heavy (non-hydrogen) atoms. The number of hydrogen-bond acceptors (Lipinski definition) is 3. The highest BCUT2D eigenvalue weighted by Gasteiger charge is 2.15. The molecule has 3 heterocycles. The number of rotatable bonds is 2. The van der Waals surface area contributed by atoms with Crippen molar-refractivity contribution in [3.63, 3.8) is 0 Å². The summed E-state index contributed by atoms with van der Waals surface area (Å²) in [6, 6.07) is 27.5. The van der Waals surface area contributed by atoms with Crippen LogP contribution >= 0.6 is 0 Å². The van der Waals surface area contributed by atoms with E-state index in [-0.39, 0.29) is 0 Å². The summed E-state index contributed by atoms with van der Waals surface area (Å²) >= 11 is 0. The highest BCUT2D eigenvalue weighted by molar-refractivity contribution is 6.08. The second-order valence-electron chi connectivity index (χ2n) is 8.04. The second-order valence-corrected chi connectivity index (χ2v) is 8.04. The Morgan fingerprint density at radius 1 is 0.710 bits per heavy atom. The highest BCUT2D eigenvalue weighted by Crippen LogP contribution is 2.36. The van der Waals surface area contributed by atoms with Gasteiger partial charge in [-0.1, -0.05) is 48.5 Å². The van der Waals surface area contributed by atoms with Crippen LogP contribution in [0.1, 0.15) is 11.3 Å². The first kappa shape index (κ1) is 17.8. The second kappa shape index (κ2) is 6.78. The molecule has 0 radical (unpaired) electrons. The molecule has 0 atom stereocenters. The van der Waals surface area contributed by atoms with E-state index in [9.17, 15) is 0 Å². The molecule has 0 bridgehead atoms. The first-order valence-electron chi connectivity index (χ1n) is 10.4. The van der Waals surface area contributed by atoms with E-state index in [2.05, 4.69) is 84.7 Å². The lowest BCUT2D eigenvalue weighted by atomic mass is 9.97. The number of para-hydroxylation sites is 1. The molecule has 6 aromatic rings. The summed E-state index contributed by atoms with van der Waals surface area (Å²) in [5.41, 5.74) is 7.84. The Hall–Kier alpha value is -3.98. The molecular weight excluding hydrogens is 380 g/mol. The van der Waals surface area contributed by atoms with E-state index < -0.39 is 0 Å². The van der Waals surface area contributed by atoms with Crippen molar-refractivity contribution >= 4 is 32.8 Å². The van der Waals surface area contributed by atoms with Gasteiger partial charge in [-0.15, -0.1) is 0 Å². The molecule has 3 nitrogen and oxygen atoms in total. The van der Waals surface area contributed by atoms with E-state index in [1.54, 1.807) is 0 Å². The quantitative estimate of drug-likeness (QED) is 0.302. The molecule has 0 aliphatic rings. The van der Waals surface area contributed by atoms with Crippen molar-refractivity contribution in [2.24, 2.45) is 0 Å². The SMILES string of the molecule is Cc1ccc2c(n1)oc1c(-c3cc(-c4ccc5ccccc5c4)c(C)cn3)cccc12. The Kier molecular flexibility index (Phi) is 3.90. The molecule has 3 heteroatoms. The summed E-state index contributed by atoms with van der Waals surface area (Å²) in [4.78, 5) is 9.32. The van der Waals surface area contributed by atoms with Crippen molar-refractivity contribution in [2.45, 2.75) is 13.8 Å². The molecule has 0 aliphatic carbocycles. The number of fused-ring (bicyclic) bond motifs is 4. The van der Waals surface area contributed by atoms with Crippen LogP contribution in [0.15, 0.2) is 89.5 Å². The van der Waals surface area contributed by atoms with Gasteiger partial charge in [-0.25, -0.2) is 4.98 Å². The first-order valence-corrected chi connectivity index (χ1v) is 10.4. The molecule has 0 saturated carbocycles. The lowest BCUT2D eigenvalue weighted by molar-refractivity contribution is 0.653. The molecule has 148 valence electrons. The van der Waals surface area contributed by atoms with E-state index in [1.165, 1.54) is 21.9 Å². The van der Waals surface area contributed by atoms with Gasteiger partial charge in [0, 0.05) is 28.2 Å². The van der Waals surface area contributed by atoms with Gasteiger partial charge in [0.05, 0.1) is 5.69 Å². The van der Waals surface area contributed by atoms with Gasteiger partial charge < -0.3 is 4.42 Å². The minimum atomic E-state index is 0.671. The summed E-state index contributed by atoms with van der Waals surface area (Å²) in [6.45, 7) is 4.08. The van der Waals surface area contributed by atoms with Crippen molar-refractivity contribution in [1.29, 1.82) is 0 Å². The van der Waals surface area contributed by atoms with Crippen LogP contribution < -0.4 is 0 Å². The smallest absolute Gasteiger partial charge is 0.227 e. The lowest BCUT2D eigenvalue weighted by Gasteiger charge is -2.10. The summed E-state index contributed by atoms with van der Waals surface area (Å²) in [5.74, 6) is 0. The van der Waals surface area contributed by atoms with Crippen LogP contribution in [0, 0.1) is 13.8 Å². The van der Waals surface area contributed by atoms with Crippen molar-refractivity contribution in [3.05, 3.63) is 96.3 Å². The minimum absolute atomic E-state index is 0.671. The van der Waals surface area contributed by atoms with E-state index in [4.69, 9.17) is 9.40 Å². The van der Waals surface area contributed by atoms with Crippen LogP contribution in [-0.2, 0) is 0 Å². The van der Waals surface area contributed by atoms with Crippen LogP contribution in [0.3, 0.4) is 0 Å². The van der Waals surface area contributed by atoms with E-state index in [1.807, 2.05) is 19.2 Å². The van der Waals surface area contributed by atoms with Gasteiger partial charge >= 0.3 is 0 Å². The third-order valence-electron chi connectivity index (χ3n) is 5.94. The minimum Gasteiger partial charge on any atom is -0.437 e. The first-order chi connectivity index (χ1) is 15.2. The van der Waals surface area contributed by atoms with Crippen LogP contribution in [0.25, 0.3) is 55.2 Å². The van der Waals surface area contributed by atoms with Gasteiger partial charge in [-0.3, -0.25) is 4.98 Å². The maximum Gasteiger partial charge on any atom is 0.227 e. The van der Waals surface area contributed by atoms with Gasteiger partial charge in [0.15, 0.2) is 0 Å². The number of hydrogen-bond donors (Lipinski definition) is 0. The Morgan fingerprint density at radius 2 is 1.58 bits per heavy atom. The molecule has 0 unspecified atom stereocenters. The van der Waals surface area contributed by atoms with Crippen molar-refractivity contribution < 1.29 is 4.42 Å². The molecule has 3 aromatic carbocycles. The van der Waals surface area contributed by atoms with E-state index in [0.29, 0.717) is 5.71 Å². The van der Waals surface area contributed by atoms with Crippen LogP contribution in [0.5, 0.6) is 0 Å². The van der Waals surface area contributed by atoms with Gasteiger partial charge in [-0.05, 0) is 71.6 Å². The van der Waals surface area contributed by atoms with Gasteiger partial charge in [0.2, 0.25) is 5.71 Å². The highest BCUT2D eigenvalue weighted by atomic mass is 16.3. The molecule has 0 N–H and O–H groups in total. The Morgan fingerprint density at radius 3 is 2.48 bits per heavy atom. The maximum absolute atomic E-state index is 6.20.